The topological polar surface area (TPSA) is 13.0 Å². The van der Waals surface area contributed by atoms with Crippen LogP contribution in [0.4, 0.5) is 22.7 Å². The molecule has 0 spiro atoms. The van der Waals surface area contributed by atoms with Crippen molar-refractivity contribution in [1.29, 1.82) is 0 Å². The summed E-state index contributed by atoms with van der Waals surface area (Å²) in [5.41, 5.74) is 25.6. The third kappa shape index (κ3) is 13.6. The summed E-state index contributed by atoms with van der Waals surface area (Å²) in [5, 5.41) is 0. The van der Waals surface area contributed by atoms with Crippen LogP contribution in [0.3, 0.4) is 0 Å². The van der Waals surface area contributed by atoms with Crippen LogP contribution in [-0.4, -0.2) is 72.5 Å². The first-order valence-corrected chi connectivity index (χ1v) is 44.9. The molecule has 6 aliphatic carbocycles. The normalized spacial score (nSPS) is 25.8. The summed E-state index contributed by atoms with van der Waals surface area (Å²) in [6, 6.07) is 51.3. The number of halogens is 2. The monoisotopic (exact) mass is 1310 g/mol. The van der Waals surface area contributed by atoms with Crippen LogP contribution < -0.4 is 19.6 Å². The molecule has 0 aliphatic heterocycles. The van der Waals surface area contributed by atoms with Gasteiger partial charge in [-0.2, -0.15) is 0 Å². The molecule has 9 heteroatoms. The molecule has 12 atom stereocenters. The fourth-order valence-electron chi connectivity index (χ4n) is 19.5. The van der Waals surface area contributed by atoms with Gasteiger partial charge in [-0.15, -0.1) is 0 Å². The first-order chi connectivity index (χ1) is 40.6. The average molecular weight is 1320 g/mol. The molecule has 6 aromatic rings. The number of benzene rings is 6. The molecule has 87 heavy (non-hydrogen) atoms. The number of hydrogen-bond donors (Lipinski definition) is 0. The van der Waals surface area contributed by atoms with Crippen molar-refractivity contribution in [3.63, 3.8) is 0 Å². The Balaban J connectivity index is 0.000000211. The van der Waals surface area contributed by atoms with Crippen molar-refractivity contribution in [1.82, 2.24) is 0 Å². The van der Waals surface area contributed by atoms with E-state index in [2.05, 4.69) is 275 Å². The van der Waals surface area contributed by atoms with E-state index in [0.29, 0.717) is 11.1 Å². The SMILES string of the molecule is CC1=Cc2c(-c3ccc(N(C)C)cc3)cccc2C1[Si](C)(C)C1C(C)=Cc2c(-c3ccc(N(C)C)cc3)cccc21.CC1CC2C(c3ccc(N(C)C)cc3)CCCC2C1[Si](C)(C)C1C(C)CC2C(c3ccc(N(C)C)cc3)CCCC21.[CH3-].[CH3-].[Cl][Zr+2][Cl]. The zero-order chi connectivity index (χ0) is 60.8. The maximum atomic E-state index is 4.93. The van der Waals surface area contributed by atoms with Crippen LogP contribution in [-0.2, 0) is 20.8 Å². The van der Waals surface area contributed by atoms with Crippen LogP contribution in [0.5, 0.6) is 0 Å². The van der Waals surface area contributed by atoms with E-state index >= 15 is 0 Å². The molecule has 12 rings (SSSR count). The van der Waals surface area contributed by atoms with Gasteiger partial charge < -0.3 is 34.5 Å². The first-order valence-electron chi connectivity index (χ1n) is 32.3. The predicted molar refractivity (Wildman–Crippen MR) is 388 cm³/mol. The summed E-state index contributed by atoms with van der Waals surface area (Å²) in [5.74, 6) is 7.09. The molecule has 4 nitrogen and oxygen atoms in total. The molecule has 0 amide bonds. The van der Waals surface area contributed by atoms with E-state index in [1.54, 1.807) is 11.1 Å². The fourth-order valence-corrected chi connectivity index (χ4v) is 31.1. The molecule has 4 saturated carbocycles. The van der Waals surface area contributed by atoms with Gasteiger partial charge in [0.25, 0.3) is 0 Å². The van der Waals surface area contributed by atoms with Gasteiger partial charge in [0, 0.05) is 90.2 Å². The number of hydrogen-bond acceptors (Lipinski definition) is 4. The van der Waals surface area contributed by atoms with Crippen molar-refractivity contribution in [2.75, 3.05) is 76.0 Å². The van der Waals surface area contributed by atoms with Crippen molar-refractivity contribution in [3.05, 3.63) is 193 Å². The van der Waals surface area contributed by atoms with Gasteiger partial charge in [0.1, 0.15) is 0 Å². The third-order valence-corrected chi connectivity index (χ3v) is 32.4. The zero-order valence-electron chi connectivity index (χ0n) is 56.5. The predicted octanol–water partition coefficient (Wildman–Crippen LogP) is 22.0. The number of anilines is 4. The van der Waals surface area contributed by atoms with Crippen LogP contribution in [0, 0.1) is 50.4 Å². The van der Waals surface area contributed by atoms with Crippen molar-refractivity contribution < 1.29 is 20.8 Å². The average Bonchev–Trinajstić information content (AvgIpc) is 1.65. The minimum atomic E-state index is -1.91. The maximum absolute atomic E-state index is 4.93. The number of rotatable bonds is 12. The van der Waals surface area contributed by atoms with Gasteiger partial charge in [-0.05, 0) is 202 Å². The Morgan fingerprint density at radius 1 is 0.414 bits per heavy atom. The zero-order valence-corrected chi connectivity index (χ0v) is 62.5. The van der Waals surface area contributed by atoms with Gasteiger partial charge in [0.05, 0.1) is 16.1 Å². The molecule has 12 unspecified atom stereocenters. The van der Waals surface area contributed by atoms with Gasteiger partial charge in [-0.3, -0.25) is 0 Å². The summed E-state index contributed by atoms with van der Waals surface area (Å²) in [7, 11) is 23.5. The van der Waals surface area contributed by atoms with Gasteiger partial charge in [0.15, 0.2) is 0 Å². The summed E-state index contributed by atoms with van der Waals surface area (Å²) in [6.07, 6.45) is 16.6. The molecular weight excluding hydrogens is 1210 g/mol. The van der Waals surface area contributed by atoms with Crippen molar-refractivity contribution >= 4 is 68.1 Å². The second-order valence-corrected chi connectivity index (χ2v) is 42.5. The van der Waals surface area contributed by atoms with Crippen LogP contribution >= 0.6 is 17.0 Å². The van der Waals surface area contributed by atoms with Crippen LogP contribution in [0.1, 0.15) is 135 Å². The molecule has 6 aromatic carbocycles. The molecule has 0 bridgehead atoms. The minimum absolute atomic E-state index is 0. The molecule has 464 valence electrons. The molecule has 0 radical (unpaired) electrons. The Morgan fingerprint density at radius 2 is 0.724 bits per heavy atom. The van der Waals surface area contributed by atoms with E-state index in [9.17, 15) is 0 Å². The molecule has 0 N–H and O–H groups in total. The molecule has 0 heterocycles. The summed E-state index contributed by atoms with van der Waals surface area (Å²) in [4.78, 5) is 8.79. The Hall–Kier alpha value is -4.10. The van der Waals surface area contributed by atoms with E-state index in [-0.39, 0.29) is 14.9 Å². The molecular formula is C78H106Cl2N4Si2Zr. The molecule has 6 aliphatic rings. The third-order valence-electron chi connectivity index (χ3n) is 22.5. The van der Waals surface area contributed by atoms with Crippen LogP contribution in [0.25, 0.3) is 34.4 Å². The molecule has 4 fully saturated rings. The van der Waals surface area contributed by atoms with Gasteiger partial charge >= 0.3 is 37.9 Å². The summed E-state index contributed by atoms with van der Waals surface area (Å²) < 4.78 is 0. The Morgan fingerprint density at radius 3 is 1.03 bits per heavy atom. The molecule has 0 aromatic heterocycles. The standard InChI is InChI=1S/C38H58N2Si.C38H42N2Si.2CH3.2ClH.Zr/c2*1-25-23-35-31(27-15-19-29(20-16-27)39(3)4)11-9-13-33(35)37(25)41(7,8)38-26(2)24-36-32(12-10-14-34(36)38)28-17-21-30(22-18-28)40(5)6;;;;;/h15-22,25-26,31-38H,9-14,23-24H2,1-8H3;9-24,37-38H,1-8H3;2*1H3;2*1H;/q;;2*-1;;;+4/p-2. The van der Waals surface area contributed by atoms with E-state index in [1.165, 1.54) is 130 Å². The van der Waals surface area contributed by atoms with Gasteiger partial charge in [-0.1, -0.05) is 174 Å². The number of allylic oxidation sites excluding steroid dienone is 2. The van der Waals surface area contributed by atoms with Crippen molar-refractivity contribution in [2.24, 2.45) is 35.5 Å². The van der Waals surface area contributed by atoms with Crippen molar-refractivity contribution in [2.45, 2.75) is 139 Å². The quantitative estimate of drug-likeness (QED) is 0.0894. The Kier molecular flexibility index (Phi) is 22.6. The van der Waals surface area contributed by atoms with E-state index in [1.807, 2.05) is 0 Å². The Labute approximate surface area is 550 Å². The summed E-state index contributed by atoms with van der Waals surface area (Å²) in [6.45, 7) is 21.1. The van der Waals surface area contributed by atoms with E-state index in [4.69, 9.17) is 17.0 Å². The fraction of sp³-hybridized carbons (Fsp3) is 0.462. The van der Waals surface area contributed by atoms with Gasteiger partial charge in [-0.25, -0.2) is 0 Å². The van der Waals surface area contributed by atoms with E-state index < -0.39 is 37.0 Å². The second-order valence-electron chi connectivity index (χ2n) is 29.0. The first kappa shape index (κ1) is 68.8. The van der Waals surface area contributed by atoms with Crippen LogP contribution in [0.15, 0.2) is 145 Å². The summed E-state index contributed by atoms with van der Waals surface area (Å²) >= 11 is -0.826. The second kappa shape index (κ2) is 28.6. The van der Waals surface area contributed by atoms with Crippen molar-refractivity contribution in [3.8, 4) is 22.3 Å². The number of fused-ring (bicyclic) bond motifs is 4. The van der Waals surface area contributed by atoms with Crippen LogP contribution in [0.2, 0.25) is 37.3 Å². The number of nitrogens with zero attached hydrogens (tertiary/aromatic N) is 4. The Bertz CT molecular complexity index is 3100. The molecule has 0 saturated heterocycles. The van der Waals surface area contributed by atoms with E-state index in [0.717, 1.165) is 58.4 Å². The van der Waals surface area contributed by atoms with Gasteiger partial charge in [0.2, 0.25) is 0 Å².